The Labute approximate surface area is 188 Å². The predicted molar refractivity (Wildman–Crippen MR) is 125 cm³/mol. The number of amides is 1. The Kier molecular flexibility index (Phi) is 5.49. The van der Waals surface area contributed by atoms with Gasteiger partial charge in [-0.05, 0) is 47.9 Å². The molecule has 0 aliphatic carbocycles. The van der Waals surface area contributed by atoms with E-state index in [-0.39, 0.29) is 29.6 Å². The molecular formula is C25H20FN3O2S. The lowest BCUT2D eigenvalue weighted by molar-refractivity contribution is -0.116. The van der Waals surface area contributed by atoms with Gasteiger partial charge in [-0.3, -0.25) is 14.2 Å². The van der Waals surface area contributed by atoms with Crippen molar-refractivity contribution in [1.29, 1.82) is 0 Å². The second kappa shape index (κ2) is 8.59. The molecule has 1 aliphatic heterocycles. The monoisotopic (exact) mass is 445 g/mol. The lowest BCUT2D eigenvalue weighted by Gasteiger charge is -2.18. The molecule has 0 saturated heterocycles. The average molecular weight is 446 g/mol. The molecule has 0 spiro atoms. The number of hydrogen-bond acceptors (Lipinski definition) is 4. The minimum atomic E-state index is -0.330. The van der Waals surface area contributed by atoms with Gasteiger partial charge in [-0.1, -0.05) is 54.2 Å². The van der Waals surface area contributed by atoms with Crippen LogP contribution in [-0.2, 0) is 17.8 Å². The van der Waals surface area contributed by atoms with Gasteiger partial charge in [-0.2, -0.15) is 0 Å². The van der Waals surface area contributed by atoms with Crippen molar-refractivity contribution in [3.8, 4) is 0 Å². The number of benzene rings is 3. The number of aromatic nitrogens is 2. The Morgan fingerprint density at radius 2 is 1.75 bits per heavy atom. The van der Waals surface area contributed by atoms with E-state index in [2.05, 4.69) is 4.98 Å². The normalized spacial score (nSPS) is 12.8. The van der Waals surface area contributed by atoms with Crippen LogP contribution >= 0.6 is 11.8 Å². The summed E-state index contributed by atoms with van der Waals surface area (Å²) in [6.45, 7) is 0.909. The summed E-state index contributed by atoms with van der Waals surface area (Å²) >= 11 is 1.25. The lowest BCUT2D eigenvalue weighted by atomic mass is 10.2. The molecule has 3 aromatic carbocycles. The highest BCUT2D eigenvalue weighted by molar-refractivity contribution is 7.99. The minimum Gasteiger partial charge on any atom is -0.311 e. The van der Waals surface area contributed by atoms with Crippen molar-refractivity contribution in [3.05, 3.63) is 100 Å². The Morgan fingerprint density at radius 3 is 2.59 bits per heavy atom. The van der Waals surface area contributed by atoms with Crippen LogP contribution in [0.25, 0.3) is 10.9 Å². The maximum absolute atomic E-state index is 13.3. The third-order valence-corrected chi connectivity index (χ3v) is 6.55. The van der Waals surface area contributed by atoms with Gasteiger partial charge in [0.15, 0.2) is 5.16 Å². The summed E-state index contributed by atoms with van der Waals surface area (Å²) < 4.78 is 14.9. The van der Waals surface area contributed by atoms with Crippen LogP contribution in [0.4, 0.5) is 10.1 Å². The van der Waals surface area contributed by atoms with Crippen molar-refractivity contribution in [2.45, 2.75) is 18.1 Å². The average Bonchev–Trinajstić information content (AvgIpc) is 3.25. The summed E-state index contributed by atoms with van der Waals surface area (Å²) in [4.78, 5) is 32.7. The number of carbonyl (C=O) groups excluding carboxylic acids is 1. The third-order valence-electron chi connectivity index (χ3n) is 5.59. The SMILES string of the molecule is O=C(CSc1nc2ccccc2c(=O)n1Cc1ccc(F)cc1)N1CCc2ccccc21. The fourth-order valence-electron chi connectivity index (χ4n) is 3.97. The fraction of sp³-hybridized carbons (Fsp3) is 0.160. The molecule has 0 unspecified atom stereocenters. The van der Waals surface area contributed by atoms with Crippen molar-refractivity contribution in [2.75, 3.05) is 17.2 Å². The van der Waals surface area contributed by atoms with Crippen molar-refractivity contribution in [2.24, 2.45) is 0 Å². The quantitative estimate of drug-likeness (QED) is 0.340. The number of carbonyl (C=O) groups is 1. The van der Waals surface area contributed by atoms with Gasteiger partial charge in [-0.15, -0.1) is 0 Å². The molecule has 0 radical (unpaired) electrons. The summed E-state index contributed by atoms with van der Waals surface area (Å²) in [7, 11) is 0. The first-order valence-electron chi connectivity index (χ1n) is 10.4. The highest BCUT2D eigenvalue weighted by Gasteiger charge is 2.24. The zero-order valence-electron chi connectivity index (χ0n) is 17.2. The molecule has 0 fully saturated rings. The van der Waals surface area contributed by atoms with E-state index < -0.39 is 0 Å². The molecule has 2 heterocycles. The van der Waals surface area contributed by atoms with Crippen molar-refractivity contribution < 1.29 is 9.18 Å². The number of anilines is 1. The van der Waals surface area contributed by atoms with Crippen LogP contribution in [0.1, 0.15) is 11.1 Å². The molecule has 5 rings (SSSR count). The number of hydrogen-bond donors (Lipinski definition) is 0. The van der Waals surface area contributed by atoms with Gasteiger partial charge in [-0.25, -0.2) is 9.37 Å². The summed E-state index contributed by atoms with van der Waals surface area (Å²) in [5.41, 5.74) is 3.32. The number of fused-ring (bicyclic) bond motifs is 2. The molecule has 7 heteroatoms. The molecule has 0 atom stereocenters. The number of nitrogens with zero attached hydrogens (tertiary/aromatic N) is 3. The Morgan fingerprint density at radius 1 is 1.00 bits per heavy atom. The Bertz CT molecular complexity index is 1370. The van der Waals surface area contributed by atoms with Crippen LogP contribution < -0.4 is 10.5 Å². The lowest BCUT2D eigenvalue weighted by Crippen LogP contribution is -2.31. The van der Waals surface area contributed by atoms with Crippen LogP contribution in [-0.4, -0.2) is 27.8 Å². The predicted octanol–water partition coefficient (Wildman–Crippen LogP) is 4.27. The van der Waals surface area contributed by atoms with Crippen LogP contribution in [0.5, 0.6) is 0 Å². The zero-order valence-corrected chi connectivity index (χ0v) is 18.0. The second-order valence-electron chi connectivity index (χ2n) is 7.64. The second-order valence-corrected chi connectivity index (χ2v) is 8.58. The molecular weight excluding hydrogens is 425 g/mol. The first-order chi connectivity index (χ1) is 15.6. The van der Waals surface area contributed by atoms with E-state index >= 15 is 0 Å². The van der Waals surface area contributed by atoms with E-state index in [0.717, 1.165) is 17.7 Å². The van der Waals surface area contributed by atoms with Crippen LogP contribution in [0.2, 0.25) is 0 Å². The topological polar surface area (TPSA) is 55.2 Å². The summed E-state index contributed by atoms with van der Waals surface area (Å²) in [6, 6.07) is 21.1. The van der Waals surface area contributed by atoms with Gasteiger partial charge in [0.2, 0.25) is 5.91 Å². The molecule has 0 N–H and O–H groups in total. The number of para-hydroxylation sites is 2. The molecule has 160 valence electrons. The smallest absolute Gasteiger partial charge is 0.262 e. The number of thioether (sulfide) groups is 1. The molecule has 5 nitrogen and oxygen atoms in total. The first-order valence-corrected chi connectivity index (χ1v) is 11.3. The van der Waals surface area contributed by atoms with E-state index in [1.807, 2.05) is 30.3 Å². The van der Waals surface area contributed by atoms with Gasteiger partial charge in [0.05, 0.1) is 23.2 Å². The van der Waals surface area contributed by atoms with Gasteiger partial charge in [0, 0.05) is 12.2 Å². The van der Waals surface area contributed by atoms with E-state index in [1.165, 1.54) is 29.5 Å². The van der Waals surface area contributed by atoms with E-state index in [1.54, 1.807) is 39.8 Å². The molecule has 32 heavy (non-hydrogen) atoms. The summed E-state index contributed by atoms with van der Waals surface area (Å²) in [6.07, 6.45) is 0.843. The molecule has 1 amide bonds. The number of rotatable bonds is 5. The van der Waals surface area contributed by atoms with Crippen molar-refractivity contribution in [3.63, 3.8) is 0 Å². The van der Waals surface area contributed by atoms with Crippen LogP contribution in [0, 0.1) is 5.82 Å². The van der Waals surface area contributed by atoms with Gasteiger partial charge >= 0.3 is 0 Å². The van der Waals surface area contributed by atoms with E-state index in [9.17, 15) is 14.0 Å². The zero-order chi connectivity index (χ0) is 22.1. The maximum atomic E-state index is 13.3. The molecule has 0 bridgehead atoms. The first kappa shape index (κ1) is 20.5. The Balaban J connectivity index is 1.45. The van der Waals surface area contributed by atoms with Gasteiger partial charge in [0.1, 0.15) is 5.82 Å². The molecule has 4 aromatic rings. The fourth-order valence-corrected chi connectivity index (χ4v) is 4.85. The van der Waals surface area contributed by atoms with Gasteiger partial charge in [0.25, 0.3) is 5.56 Å². The molecule has 1 aromatic heterocycles. The minimum absolute atomic E-state index is 0.0179. The highest BCUT2D eigenvalue weighted by atomic mass is 32.2. The van der Waals surface area contributed by atoms with Crippen LogP contribution in [0.15, 0.2) is 82.7 Å². The largest absolute Gasteiger partial charge is 0.311 e. The van der Waals surface area contributed by atoms with E-state index in [4.69, 9.17) is 0 Å². The van der Waals surface area contributed by atoms with Gasteiger partial charge < -0.3 is 4.90 Å². The van der Waals surface area contributed by atoms with Crippen molar-refractivity contribution in [1.82, 2.24) is 9.55 Å². The maximum Gasteiger partial charge on any atom is 0.262 e. The van der Waals surface area contributed by atoms with Crippen molar-refractivity contribution >= 4 is 34.3 Å². The summed E-state index contributed by atoms with van der Waals surface area (Å²) in [5, 5.41) is 0.984. The third kappa shape index (κ3) is 3.91. The number of halogens is 1. The molecule has 0 saturated carbocycles. The Hall–Kier alpha value is -3.45. The standard InChI is InChI=1S/C25H20FN3O2S/c26-19-11-9-17(10-12-19)15-29-24(31)20-6-2-3-7-21(20)27-25(29)32-16-23(30)28-14-13-18-5-1-4-8-22(18)28/h1-12H,13-16H2. The molecule has 1 aliphatic rings. The van der Waals surface area contributed by atoms with E-state index in [0.29, 0.717) is 22.6 Å². The summed E-state index contributed by atoms with van der Waals surface area (Å²) in [5.74, 6) is -0.178. The highest BCUT2D eigenvalue weighted by Crippen LogP contribution is 2.29. The van der Waals surface area contributed by atoms with Crippen LogP contribution in [0.3, 0.4) is 0 Å².